The molecule has 1 atom stereocenters. The summed E-state index contributed by atoms with van der Waals surface area (Å²) in [6.45, 7) is 1.53. The summed E-state index contributed by atoms with van der Waals surface area (Å²) in [4.78, 5) is 0.0388. The first-order valence-electron chi connectivity index (χ1n) is 9.09. The number of nitrogens with zero attached hydrogens (tertiary/aromatic N) is 1. The molecule has 0 amide bonds. The van der Waals surface area contributed by atoms with E-state index in [1.54, 1.807) is 19.1 Å². The SMILES string of the molecule is C[C@H](CCCNS(C)(=O)=O)N(c1cc(Cl)ccc1CO)S(=O)(=O)c1ccc(Cl)cc1. The van der Waals surface area contributed by atoms with E-state index in [9.17, 15) is 21.9 Å². The van der Waals surface area contributed by atoms with Gasteiger partial charge >= 0.3 is 0 Å². The van der Waals surface area contributed by atoms with Gasteiger partial charge < -0.3 is 5.11 Å². The van der Waals surface area contributed by atoms with E-state index < -0.39 is 26.1 Å². The van der Waals surface area contributed by atoms with E-state index in [2.05, 4.69) is 4.72 Å². The average Bonchev–Trinajstić information content (AvgIpc) is 2.65. The van der Waals surface area contributed by atoms with Gasteiger partial charge in [-0.05, 0) is 56.2 Å². The predicted octanol–water partition coefficient (Wildman–Crippen LogP) is 3.40. The Morgan fingerprint density at radius 1 is 1.03 bits per heavy atom. The normalized spacial score (nSPS) is 13.2. The maximum atomic E-state index is 13.5. The number of nitrogens with one attached hydrogen (secondary N) is 1. The molecule has 0 unspecified atom stereocenters. The summed E-state index contributed by atoms with van der Waals surface area (Å²) in [6.07, 6.45) is 1.84. The third-order valence-electron chi connectivity index (χ3n) is 4.39. The van der Waals surface area contributed by atoms with Crippen molar-refractivity contribution in [2.45, 2.75) is 37.3 Å². The van der Waals surface area contributed by atoms with Gasteiger partial charge in [-0.2, -0.15) is 0 Å². The summed E-state index contributed by atoms with van der Waals surface area (Å²) in [5, 5.41) is 10.5. The minimum absolute atomic E-state index is 0.0388. The van der Waals surface area contributed by atoms with Crippen LogP contribution in [0.25, 0.3) is 0 Å². The summed E-state index contributed by atoms with van der Waals surface area (Å²) in [7, 11) is -7.35. The molecule has 0 radical (unpaired) electrons. The Balaban J connectivity index is 2.45. The van der Waals surface area contributed by atoms with Crippen LogP contribution in [0.3, 0.4) is 0 Å². The number of sulfonamides is 2. The zero-order valence-corrected chi connectivity index (χ0v) is 19.7. The van der Waals surface area contributed by atoms with Crippen molar-refractivity contribution in [1.29, 1.82) is 0 Å². The van der Waals surface area contributed by atoms with Crippen LogP contribution >= 0.6 is 23.2 Å². The minimum Gasteiger partial charge on any atom is -0.392 e. The van der Waals surface area contributed by atoms with Crippen LogP contribution in [0.2, 0.25) is 10.0 Å². The van der Waals surface area contributed by atoms with Crippen molar-refractivity contribution in [3.05, 3.63) is 58.1 Å². The number of halogens is 2. The molecule has 11 heteroatoms. The molecule has 30 heavy (non-hydrogen) atoms. The van der Waals surface area contributed by atoms with Gasteiger partial charge in [0.15, 0.2) is 0 Å². The van der Waals surface area contributed by atoms with E-state index in [4.69, 9.17) is 23.2 Å². The van der Waals surface area contributed by atoms with Gasteiger partial charge in [0, 0.05) is 28.2 Å². The topological polar surface area (TPSA) is 104 Å². The van der Waals surface area contributed by atoms with Crippen molar-refractivity contribution < 1.29 is 21.9 Å². The lowest BCUT2D eigenvalue weighted by Crippen LogP contribution is -2.40. The molecular weight excluding hydrogens is 471 g/mol. The first-order valence-corrected chi connectivity index (χ1v) is 13.2. The second kappa shape index (κ2) is 10.3. The summed E-state index contributed by atoms with van der Waals surface area (Å²) in [5.41, 5.74) is 0.668. The van der Waals surface area contributed by atoms with Crippen LogP contribution < -0.4 is 9.03 Å². The Hall–Kier alpha value is -1.36. The fraction of sp³-hybridized carbons (Fsp3) is 0.368. The second-order valence-electron chi connectivity index (χ2n) is 6.84. The fourth-order valence-electron chi connectivity index (χ4n) is 2.97. The zero-order chi connectivity index (χ0) is 22.5. The van der Waals surface area contributed by atoms with Crippen LogP contribution in [-0.4, -0.2) is 40.8 Å². The summed E-state index contributed by atoms with van der Waals surface area (Å²) < 4.78 is 53.1. The molecule has 0 aliphatic carbocycles. The third kappa shape index (κ3) is 6.57. The first-order chi connectivity index (χ1) is 14.0. The Bertz CT molecular complexity index is 1070. The fourth-order valence-corrected chi connectivity index (χ4v) is 5.49. The van der Waals surface area contributed by atoms with Gasteiger partial charge in [0.25, 0.3) is 10.0 Å². The summed E-state index contributed by atoms with van der Waals surface area (Å²) in [5.74, 6) is 0. The Kier molecular flexibility index (Phi) is 8.55. The van der Waals surface area contributed by atoms with E-state index in [1.807, 2.05) is 0 Å². The molecule has 0 saturated carbocycles. The van der Waals surface area contributed by atoms with Crippen LogP contribution in [0.15, 0.2) is 47.4 Å². The molecule has 2 rings (SSSR count). The Morgan fingerprint density at radius 2 is 1.63 bits per heavy atom. The number of rotatable bonds is 10. The third-order valence-corrected chi connectivity index (χ3v) is 7.55. The molecule has 0 bridgehead atoms. The lowest BCUT2D eigenvalue weighted by atomic mass is 10.1. The van der Waals surface area contributed by atoms with Gasteiger partial charge in [-0.15, -0.1) is 0 Å². The highest BCUT2D eigenvalue weighted by Crippen LogP contribution is 2.33. The Labute approximate surface area is 187 Å². The number of benzene rings is 2. The molecule has 0 aliphatic heterocycles. The van der Waals surface area contributed by atoms with E-state index in [-0.39, 0.29) is 23.7 Å². The number of hydrogen-bond acceptors (Lipinski definition) is 5. The average molecular weight is 495 g/mol. The molecular formula is C19H24Cl2N2O5S2. The summed E-state index contributed by atoms with van der Waals surface area (Å²) in [6, 6.07) is 9.88. The molecule has 0 aliphatic rings. The zero-order valence-electron chi connectivity index (χ0n) is 16.5. The highest BCUT2D eigenvalue weighted by atomic mass is 35.5. The Morgan fingerprint density at radius 3 is 2.20 bits per heavy atom. The molecule has 2 aromatic carbocycles. The van der Waals surface area contributed by atoms with Gasteiger partial charge in [-0.25, -0.2) is 21.6 Å². The molecule has 0 heterocycles. The minimum atomic E-state index is -4.02. The second-order valence-corrected chi connectivity index (χ2v) is 11.4. The molecule has 0 fully saturated rings. The smallest absolute Gasteiger partial charge is 0.264 e. The van der Waals surface area contributed by atoms with Crippen LogP contribution in [0.4, 0.5) is 5.69 Å². The lowest BCUT2D eigenvalue weighted by Gasteiger charge is -2.32. The van der Waals surface area contributed by atoms with Gasteiger partial charge in [-0.3, -0.25) is 4.31 Å². The van der Waals surface area contributed by atoms with Gasteiger partial charge in [0.2, 0.25) is 10.0 Å². The predicted molar refractivity (Wildman–Crippen MR) is 120 cm³/mol. The number of anilines is 1. The monoisotopic (exact) mass is 494 g/mol. The van der Waals surface area contributed by atoms with E-state index in [0.29, 0.717) is 28.5 Å². The van der Waals surface area contributed by atoms with Crippen LogP contribution in [0.5, 0.6) is 0 Å². The molecule has 0 aromatic heterocycles. The van der Waals surface area contributed by atoms with Crippen molar-refractivity contribution in [3.63, 3.8) is 0 Å². The standard InChI is InChI=1S/C19H24Cl2N2O5S2/c1-14(4-3-11-22-29(2,25)26)23(19-12-17(21)6-5-15(19)13-24)30(27,28)18-9-7-16(20)8-10-18/h5-10,12,14,22,24H,3-4,11,13H2,1-2H3/t14-/m1/s1. The quantitative estimate of drug-likeness (QED) is 0.492. The van der Waals surface area contributed by atoms with Crippen molar-refractivity contribution in [3.8, 4) is 0 Å². The van der Waals surface area contributed by atoms with E-state index in [0.717, 1.165) is 6.26 Å². The van der Waals surface area contributed by atoms with Gasteiger partial charge in [0.1, 0.15) is 0 Å². The van der Waals surface area contributed by atoms with Crippen LogP contribution in [-0.2, 0) is 26.7 Å². The number of aliphatic hydroxyl groups excluding tert-OH is 1. The van der Waals surface area contributed by atoms with Crippen LogP contribution in [0, 0.1) is 0 Å². The van der Waals surface area contributed by atoms with Gasteiger partial charge in [0.05, 0.1) is 23.4 Å². The first kappa shape index (κ1) is 24.9. The molecule has 0 spiro atoms. The number of hydrogen-bond donors (Lipinski definition) is 2. The molecule has 2 N–H and O–H groups in total. The largest absolute Gasteiger partial charge is 0.392 e. The van der Waals surface area contributed by atoms with E-state index >= 15 is 0 Å². The molecule has 7 nitrogen and oxygen atoms in total. The van der Waals surface area contributed by atoms with Crippen LogP contribution in [0.1, 0.15) is 25.3 Å². The van der Waals surface area contributed by atoms with Gasteiger partial charge in [-0.1, -0.05) is 29.3 Å². The lowest BCUT2D eigenvalue weighted by molar-refractivity contribution is 0.282. The molecule has 2 aromatic rings. The van der Waals surface area contributed by atoms with Crippen molar-refractivity contribution in [1.82, 2.24) is 4.72 Å². The van der Waals surface area contributed by atoms with Crippen molar-refractivity contribution >= 4 is 48.9 Å². The maximum Gasteiger partial charge on any atom is 0.264 e. The molecule has 0 saturated heterocycles. The maximum absolute atomic E-state index is 13.5. The van der Waals surface area contributed by atoms with Crippen molar-refractivity contribution in [2.75, 3.05) is 17.1 Å². The number of aliphatic hydroxyl groups is 1. The highest BCUT2D eigenvalue weighted by molar-refractivity contribution is 7.92. The van der Waals surface area contributed by atoms with Crippen molar-refractivity contribution in [2.24, 2.45) is 0 Å². The molecule has 166 valence electrons. The highest BCUT2D eigenvalue weighted by Gasteiger charge is 2.31. The van der Waals surface area contributed by atoms with E-state index in [1.165, 1.54) is 34.6 Å². The summed E-state index contributed by atoms with van der Waals surface area (Å²) >= 11 is 12.0.